The van der Waals surface area contributed by atoms with E-state index in [4.69, 9.17) is 0 Å². The summed E-state index contributed by atoms with van der Waals surface area (Å²) >= 11 is 1.59. The summed E-state index contributed by atoms with van der Waals surface area (Å²) in [6.07, 6.45) is 1.79. The molecule has 0 saturated heterocycles. The molecule has 0 saturated carbocycles. The van der Waals surface area contributed by atoms with E-state index >= 15 is 0 Å². The highest BCUT2D eigenvalue weighted by Crippen LogP contribution is 2.24. The Kier molecular flexibility index (Phi) is 6.95. The summed E-state index contributed by atoms with van der Waals surface area (Å²) in [6, 6.07) is 24.1. The average molecular weight is 456 g/mol. The predicted octanol–water partition coefficient (Wildman–Crippen LogP) is 6.48. The van der Waals surface area contributed by atoms with Gasteiger partial charge in [0.1, 0.15) is 5.01 Å². The summed E-state index contributed by atoms with van der Waals surface area (Å²) in [6.45, 7) is 4.46. The van der Waals surface area contributed by atoms with E-state index in [1.807, 2.05) is 55.6 Å². The molecule has 5 nitrogen and oxygen atoms in total. The molecule has 0 unspecified atom stereocenters. The Morgan fingerprint density at radius 1 is 0.939 bits per heavy atom. The molecule has 3 aromatic carbocycles. The molecule has 4 rings (SSSR count). The minimum absolute atomic E-state index is 0.00690. The van der Waals surface area contributed by atoms with Gasteiger partial charge in [-0.25, -0.2) is 9.78 Å². The number of aromatic nitrogens is 1. The molecule has 0 radical (unpaired) electrons. The van der Waals surface area contributed by atoms with Crippen molar-refractivity contribution in [3.8, 4) is 10.6 Å². The van der Waals surface area contributed by atoms with Crippen molar-refractivity contribution in [3.05, 3.63) is 107 Å². The van der Waals surface area contributed by atoms with E-state index < -0.39 is 0 Å². The lowest BCUT2D eigenvalue weighted by atomic mass is 10.0. The van der Waals surface area contributed by atoms with E-state index in [2.05, 4.69) is 16.4 Å². The molecule has 0 aliphatic heterocycles. The summed E-state index contributed by atoms with van der Waals surface area (Å²) in [5.41, 5.74) is 3.95. The quantitative estimate of drug-likeness (QED) is 0.324. The van der Waals surface area contributed by atoms with Crippen molar-refractivity contribution in [2.45, 2.75) is 26.4 Å². The maximum atomic E-state index is 13.0. The first-order chi connectivity index (χ1) is 16.0. The number of nitrogens with one attached hydrogen (secondary N) is 1. The molecule has 1 aromatic heterocycles. The third-order valence-electron chi connectivity index (χ3n) is 5.28. The van der Waals surface area contributed by atoms with E-state index in [0.717, 1.165) is 16.1 Å². The van der Waals surface area contributed by atoms with Crippen LogP contribution in [0.5, 0.6) is 0 Å². The molecule has 0 aliphatic rings. The molecule has 0 bridgehead atoms. The van der Waals surface area contributed by atoms with Crippen LogP contribution in [0.4, 0.5) is 10.5 Å². The molecule has 6 heteroatoms. The molecule has 2 amide bonds. The SMILES string of the molecule is CC(C)N(Cc1cccc(-c2nccs2)c1)C(=O)Nc1ccc(C(=O)c2ccccc2)cc1. The first-order valence-electron chi connectivity index (χ1n) is 10.8. The van der Waals surface area contributed by atoms with Crippen LogP contribution in [-0.2, 0) is 6.54 Å². The van der Waals surface area contributed by atoms with Crippen LogP contribution >= 0.6 is 11.3 Å². The van der Waals surface area contributed by atoms with Crippen LogP contribution in [-0.4, -0.2) is 27.7 Å². The molecule has 0 fully saturated rings. The van der Waals surface area contributed by atoms with E-state index in [1.165, 1.54) is 0 Å². The Labute approximate surface area is 197 Å². The number of rotatable bonds is 7. The van der Waals surface area contributed by atoms with Crippen molar-refractivity contribution in [3.63, 3.8) is 0 Å². The van der Waals surface area contributed by atoms with Crippen LogP contribution < -0.4 is 5.32 Å². The first-order valence-corrected chi connectivity index (χ1v) is 11.7. The van der Waals surface area contributed by atoms with Crippen molar-refractivity contribution >= 4 is 28.8 Å². The fourth-order valence-corrected chi connectivity index (χ4v) is 4.15. The zero-order valence-corrected chi connectivity index (χ0v) is 19.4. The maximum Gasteiger partial charge on any atom is 0.322 e. The second-order valence-corrected chi connectivity index (χ2v) is 8.86. The number of anilines is 1. The third-order valence-corrected chi connectivity index (χ3v) is 6.10. The van der Waals surface area contributed by atoms with Crippen molar-refractivity contribution < 1.29 is 9.59 Å². The molecule has 4 aromatic rings. The lowest BCUT2D eigenvalue weighted by Gasteiger charge is -2.27. The van der Waals surface area contributed by atoms with Gasteiger partial charge in [-0.2, -0.15) is 0 Å². The van der Waals surface area contributed by atoms with Crippen LogP contribution in [0, 0.1) is 0 Å². The zero-order valence-electron chi connectivity index (χ0n) is 18.6. The van der Waals surface area contributed by atoms with Crippen LogP contribution in [0.3, 0.4) is 0 Å². The minimum Gasteiger partial charge on any atom is -0.318 e. The monoisotopic (exact) mass is 455 g/mol. The Balaban J connectivity index is 1.45. The van der Waals surface area contributed by atoms with Gasteiger partial charge in [0, 0.05) is 46.5 Å². The maximum absolute atomic E-state index is 13.0. The predicted molar refractivity (Wildman–Crippen MR) is 134 cm³/mol. The number of thiazole rings is 1. The van der Waals surface area contributed by atoms with E-state index in [9.17, 15) is 9.59 Å². The molecule has 166 valence electrons. The van der Waals surface area contributed by atoms with Crippen molar-refractivity contribution in [1.82, 2.24) is 9.88 Å². The van der Waals surface area contributed by atoms with Crippen molar-refractivity contribution in [2.24, 2.45) is 0 Å². The van der Waals surface area contributed by atoms with Crippen LogP contribution in [0.25, 0.3) is 10.6 Å². The van der Waals surface area contributed by atoms with Crippen molar-refractivity contribution in [1.29, 1.82) is 0 Å². The second-order valence-electron chi connectivity index (χ2n) is 7.96. The first kappa shape index (κ1) is 22.4. The molecule has 33 heavy (non-hydrogen) atoms. The third kappa shape index (κ3) is 5.54. The lowest BCUT2D eigenvalue weighted by molar-refractivity contribution is 0.103. The highest BCUT2D eigenvalue weighted by molar-refractivity contribution is 7.13. The topological polar surface area (TPSA) is 62.3 Å². The largest absolute Gasteiger partial charge is 0.322 e. The summed E-state index contributed by atoms with van der Waals surface area (Å²) in [4.78, 5) is 31.8. The highest BCUT2D eigenvalue weighted by Gasteiger charge is 2.18. The van der Waals surface area contributed by atoms with E-state index in [0.29, 0.717) is 23.4 Å². The van der Waals surface area contributed by atoms with Gasteiger partial charge in [0.2, 0.25) is 0 Å². The summed E-state index contributed by atoms with van der Waals surface area (Å²) in [7, 11) is 0. The number of carbonyl (C=O) groups excluding carboxylic acids is 2. The number of urea groups is 1. The fraction of sp³-hybridized carbons (Fsp3) is 0.148. The van der Waals surface area contributed by atoms with Crippen molar-refractivity contribution in [2.75, 3.05) is 5.32 Å². The number of benzene rings is 3. The van der Waals surface area contributed by atoms with Gasteiger partial charge in [-0.15, -0.1) is 11.3 Å². The highest BCUT2D eigenvalue weighted by atomic mass is 32.1. The number of ketones is 1. The second kappa shape index (κ2) is 10.2. The summed E-state index contributed by atoms with van der Waals surface area (Å²) in [5, 5.41) is 5.87. The smallest absolute Gasteiger partial charge is 0.318 e. The van der Waals surface area contributed by atoms with Gasteiger partial charge < -0.3 is 10.2 Å². The molecular formula is C27H25N3O2S. The Morgan fingerprint density at radius 3 is 2.33 bits per heavy atom. The Bertz CT molecular complexity index is 1220. The van der Waals surface area contributed by atoms with Crippen LogP contribution in [0.1, 0.15) is 35.3 Å². The van der Waals surface area contributed by atoms with E-state index in [1.54, 1.807) is 58.8 Å². The molecule has 0 spiro atoms. The number of amides is 2. The van der Waals surface area contributed by atoms with E-state index in [-0.39, 0.29) is 17.9 Å². The fourth-order valence-electron chi connectivity index (χ4n) is 3.51. The molecule has 0 aliphatic carbocycles. The number of carbonyl (C=O) groups is 2. The van der Waals surface area contributed by atoms with Gasteiger partial charge in [-0.1, -0.05) is 48.5 Å². The standard InChI is InChI=1S/C27H25N3O2S/c1-19(2)30(18-20-7-6-10-23(17-20)26-28-15-16-33-26)27(32)29-24-13-11-22(12-14-24)25(31)21-8-4-3-5-9-21/h3-17,19H,18H2,1-2H3,(H,29,32). The lowest BCUT2D eigenvalue weighted by Crippen LogP contribution is -2.39. The number of hydrogen-bond donors (Lipinski definition) is 1. The minimum atomic E-state index is -0.188. The molecule has 1 heterocycles. The van der Waals surface area contributed by atoms with Crippen LogP contribution in [0.15, 0.2) is 90.4 Å². The summed E-state index contributed by atoms with van der Waals surface area (Å²) < 4.78 is 0. The van der Waals surface area contributed by atoms with Gasteiger partial charge in [-0.3, -0.25) is 4.79 Å². The normalized spacial score (nSPS) is 10.8. The molecule has 0 atom stereocenters. The van der Waals surface area contributed by atoms with Gasteiger partial charge >= 0.3 is 6.03 Å². The van der Waals surface area contributed by atoms with Crippen LogP contribution in [0.2, 0.25) is 0 Å². The summed E-state index contributed by atoms with van der Waals surface area (Å²) in [5.74, 6) is -0.0441. The zero-order chi connectivity index (χ0) is 23.2. The molecular weight excluding hydrogens is 430 g/mol. The average Bonchev–Trinajstić information content (AvgIpc) is 3.38. The van der Waals surface area contributed by atoms with Gasteiger partial charge in [-0.05, 0) is 49.7 Å². The molecule has 1 N–H and O–H groups in total. The van der Waals surface area contributed by atoms with Gasteiger partial charge in [0.05, 0.1) is 0 Å². The Morgan fingerprint density at radius 2 is 1.67 bits per heavy atom. The Hall–Kier alpha value is -3.77. The van der Waals surface area contributed by atoms with Gasteiger partial charge in [0.25, 0.3) is 0 Å². The van der Waals surface area contributed by atoms with Gasteiger partial charge in [0.15, 0.2) is 5.78 Å². The number of nitrogens with zero attached hydrogens (tertiary/aromatic N) is 2. The number of hydrogen-bond acceptors (Lipinski definition) is 4.